The van der Waals surface area contributed by atoms with Gasteiger partial charge in [-0.15, -0.1) is 0 Å². The van der Waals surface area contributed by atoms with Crippen LogP contribution >= 0.6 is 0 Å². The van der Waals surface area contributed by atoms with Crippen molar-refractivity contribution in [3.05, 3.63) is 65.2 Å². The topological polar surface area (TPSA) is 82.3 Å². The molecule has 0 heterocycles. The van der Waals surface area contributed by atoms with Crippen molar-refractivity contribution in [3.8, 4) is 11.8 Å². The number of hydrogen-bond donors (Lipinski definition) is 2. The highest BCUT2D eigenvalue weighted by molar-refractivity contribution is 5.78. The van der Waals surface area contributed by atoms with Gasteiger partial charge >= 0.3 is 0 Å². The van der Waals surface area contributed by atoms with Gasteiger partial charge in [-0.1, -0.05) is 30.3 Å². The molecule has 1 amide bonds. The first kappa shape index (κ1) is 16.5. The predicted molar refractivity (Wildman–Crippen MR) is 85.7 cm³/mol. The number of nitrogens with zero attached hydrogens (tertiary/aromatic N) is 1. The Balaban J connectivity index is 1.90. The summed E-state index contributed by atoms with van der Waals surface area (Å²) >= 11 is 0. The average molecular weight is 310 g/mol. The van der Waals surface area contributed by atoms with Gasteiger partial charge in [-0.25, -0.2) is 0 Å². The summed E-state index contributed by atoms with van der Waals surface area (Å²) in [5, 5.41) is 20.3. The van der Waals surface area contributed by atoms with Crippen LogP contribution in [-0.4, -0.2) is 24.2 Å². The van der Waals surface area contributed by atoms with Gasteiger partial charge in [0.05, 0.1) is 24.7 Å². The van der Waals surface area contributed by atoms with Crippen LogP contribution < -0.4 is 10.1 Å². The van der Waals surface area contributed by atoms with Gasteiger partial charge in [-0.05, 0) is 23.8 Å². The van der Waals surface area contributed by atoms with Crippen molar-refractivity contribution in [1.29, 1.82) is 5.26 Å². The molecule has 0 aliphatic rings. The zero-order chi connectivity index (χ0) is 16.5. The third kappa shape index (κ3) is 5.13. The molecule has 0 unspecified atom stereocenters. The van der Waals surface area contributed by atoms with E-state index >= 15 is 0 Å². The summed E-state index contributed by atoms with van der Waals surface area (Å²) in [7, 11) is 0. The molecule has 23 heavy (non-hydrogen) atoms. The fourth-order valence-electron chi connectivity index (χ4n) is 2.06. The second-order valence-electron chi connectivity index (χ2n) is 4.95. The van der Waals surface area contributed by atoms with E-state index in [4.69, 9.17) is 15.1 Å². The second-order valence-corrected chi connectivity index (χ2v) is 4.95. The first-order valence-corrected chi connectivity index (χ1v) is 7.30. The maximum atomic E-state index is 11.6. The third-order valence-electron chi connectivity index (χ3n) is 3.25. The number of benzene rings is 2. The van der Waals surface area contributed by atoms with Gasteiger partial charge in [0.15, 0.2) is 0 Å². The molecule has 2 aromatic rings. The van der Waals surface area contributed by atoms with Crippen LogP contribution in [0.25, 0.3) is 0 Å². The number of nitriles is 1. The van der Waals surface area contributed by atoms with Crippen molar-refractivity contribution in [2.24, 2.45) is 0 Å². The van der Waals surface area contributed by atoms with Gasteiger partial charge in [-0.3, -0.25) is 4.79 Å². The molecule has 118 valence electrons. The van der Waals surface area contributed by atoms with Crippen molar-refractivity contribution in [1.82, 2.24) is 5.32 Å². The molecule has 5 heteroatoms. The van der Waals surface area contributed by atoms with Crippen LogP contribution in [0.2, 0.25) is 0 Å². The molecule has 0 spiro atoms. The number of nitrogens with one attached hydrogen (secondary N) is 1. The Kier molecular flexibility index (Phi) is 6.16. The minimum atomic E-state index is -0.129. The predicted octanol–water partition coefficient (Wildman–Crippen LogP) is 1.79. The lowest BCUT2D eigenvalue weighted by atomic mass is 10.1. The number of rotatable bonds is 7. The van der Waals surface area contributed by atoms with Gasteiger partial charge in [-0.2, -0.15) is 5.26 Å². The highest BCUT2D eigenvalue weighted by Gasteiger charge is 2.04. The highest BCUT2D eigenvalue weighted by Crippen LogP contribution is 2.16. The van der Waals surface area contributed by atoms with Crippen LogP contribution in [0, 0.1) is 11.3 Å². The van der Waals surface area contributed by atoms with Crippen molar-refractivity contribution in [2.45, 2.75) is 13.0 Å². The largest absolute Gasteiger partial charge is 0.489 e. The fourth-order valence-corrected chi connectivity index (χ4v) is 2.06. The number of aliphatic hydroxyl groups is 1. The van der Waals surface area contributed by atoms with Crippen molar-refractivity contribution in [3.63, 3.8) is 0 Å². The standard InChI is InChI=1S/C18H18N2O3/c19-12-15-3-1-2-4-16(15)13-23-17-7-5-14(6-8-17)11-18(22)20-9-10-21/h1-8,21H,9-11,13H2,(H,20,22). The molecule has 2 aromatic carbocycles. The number of amides is 1. The summed E-state index contributed by atoms with van der Waals surface area (Å²) in [6.07, 6.45) is 0.261. The smallest absolute Gasteiger partial charge is 0.224 e. The monoisotopic (exact) mass is 310 g/mol. The summed E-state index contributed by atoms with van der Waals surface area (Å²) < 4.78 is 5.67. The van der Waals surface area contributed by atoms with Crippen LogP contribution in [0.4, 0.5) is 0 Å². The first-order valence-electron chi connectivity index (χ1n) is 7.30. The van der Waals surface area contributed by atoms with Gasteiger partial charge in [0.25, 0.3) is 0 Å². The molecule has 0 bridgehead atoms. The average Bonchev–Trinajstić information content (AvgIpc) is 2.59. The van der Waals surface area contributed by atoms with Crippen molar-refractivity contribution < 1.29 is 14.6 Å². The minimum Gasteiger partial charge on any atom is -0.489 e. The van der Waals surface area contributed by atoms with E-state index in [0.717, 1.165) is 11.1 Å². The molecule has 0 radical (unpaired) electrons. The van der Waals surface area contributed by atoms with Gasteiger partial charge < -0.3 is 15.2 Å². The summed E-state index contributed by atoms with van der Waals surface area (Å²) in [4.78, 5) is 11.6. The molecule has 0 fully saturated rings. The fraction of sp³-hybridized carbons (Fsp3) is 0.222. The quantitative estimate of drug-likeness (QED) is 0.817. The highest BCUT2D eigenvalue weighted by atomic mass is 16.5. The van der Waals surface area contributed by atoms with E-state index in [9.17, 15) is 4.79 Å². The maximum absolute atomic E-state index is 11.6. The zero-order valence-corrected chi connectivity index (χ0v) is 12.7. The Labute approximate surface area is 135 Å². The van der Waals surface area contributed by atoms with Crippen LogP contribution in [0.3, 0.4) is 0 Å². The van der Waals surface area contributed by atoms with Crippen LogP contribution in [0.1, 0.15) is 16.7 Å². The minimum absolute atomic E-state index is 0.0668. The number of ether oxygens (including phenoxy) is 1. The Morgan fingerprint density at radius 3 is 2.61 bits per heavy atom. The van der Waals surface area contributed by atoms with Crippen molar-refractivity contribution in [2.75, 3.05) is 13.2 Å². The molecule has 0 aliphatic heterocycles. The second kappa shape index (κ2) is 8.57. The van der Waals surface area contributed by atoms with E-state index in [0.29, 0.717) is 17.9 Å². The molecule has 0 aromatic heterocycles. The lowest BCUT2D eigenvalue weighted by Crippen LogP contribution is -2.27. The van der Waals surface area contributed by atoms with E-state index < -0.39 is 0 Å². The molecule has 2 N–H and O–H groups in total. The van der Waals surface area contributed by atoms with Gasteiger partial charge in [0.1, 0.15) is 12.4 Å². The number of carbonyl (C=O) groups excluding carboxylic acids is 1. The Morgan fingerprint density at radius 1 is 1.17 bits per heavy atom. The van der Waals surface area contributed by atoms with E-state index in [1.165, 1.54) is 0 Å². The Bertz CT molecular complexity index is 690. The lowest BCUT2D eigenvalue weighted by Gasteiger charge is -2.08. The molecular formula is C18H18N2O3. The summed E-state index contributed by atoms with van der Waals surface area (Å²) in [5.74, 6) is 0.549. The van der Waals surface area contributed by atoms with Crippen LogP contribution in [0.15, 0.2) is 48.5 Å². The summed E-state index contributed by atoms with van der Waals surface area (Å²) in [6, 6.07) is 16.7. The van der Waals surface area contributed by atoms with E-state index in [1.807, 2.05) is 30.3 Å². The molecular weight excluding hydrogens is 292 g/mol. The van der Waals surface area contributed by atoms with Crippen LogP contribution in [-0.2, 0) is 17.8 Å². The van der Waals surface area contributed by atoms with Crippen LogP contribution in [0.5, 0.6) is 5.75 Å². The molecule has 0 saturated carbocycles. The number of hydrogen-bond acceptors (Lipinski definition) is 4. The zero-order valence-electron chi connectivity index (χ0n) is 12.7. The van der Waals surface area contributed by atoms with E-state index in [1.54, 1.807) is 18.2 Å². The van der Waals surface area contributed by atoms with E-state index in [-0.39, 0.29) is 25.5 Å². The first-order chi connectivity index (χ1) is 11.2. The molecule has 0 aliphatic carbocycles. The lowest BCUT2D eigenvalue weighted by molar-refractivity contribution is -0.120. The molecule has 5 nitrogen and oxygen atoms in total. The van der Waals surface area contributed by atoms with Crippen molar-refractivity contribution >= 4 is 5.91 Å². The number of aliphatic hydroxyl groups excluding tert-OH is 1. The molecule has 0 atom stereocenters. The Hall–Kier alpha value is -2.84. The van der Waals surface area contributed by atoms with Gasteiger partial charge in [0, 0.05) is 12.1 Å². The molecule has 2 rings (SSSR count). The molecule has 0 saturated heterocycles. The normalized spacial score (nSPS) is 9.91. The SMILES string of the molecule is N#Cc1ccccc1COc1ccc(CC(=O)NCCO)cc1. The third-order valence-corrected chi connectivity index (χ3v) is 3.25. The summed E-state index contributed by atoms with van der Waals surface area (Å²) in [6.45, 7) is 0.515. The van der Waals surface area contributed by atoms with Gasteiger partial charge in [0.2, 0.25) is 5.91 Å². The number of carbonyl (C=O) groups is 1. The summed E-state index contributed by atoms with van der Waals surface area (Å²) in [5.41, 5.74) is 2.30. The van der Waals surface area contributed by atoms with E-state index in [2.05, 4.69) is 11.4 Å². The maximum Gasteiger partial charge on any atom is 0.224 e. The Morgan fingerprint density at radius 2 is 1.91 bits per heavy atom.